The van der Waals surface area contributed by atoms with Gasteiger partial charge in [-0.1, -0.05) is 25.3 Å². The summed E-state index contributed by atoms with van der Waals surface area (Å²) in [5, 5.41) is 6.66. The van der Waals surface area contributed by atoms with Crippen molar-refractivity contribution in [2.45, 2.75) is 95.4 Å². The van der Waals surface area contributed by atoms with Crippen molar-refractivity contribution < 1.29 is 13.2 Å². The van der Waals surface area contributed by atoms with Gasteiger partial charge in [-0.25, -0.2) is 13.1 Å². The van der Waals surface area contributed by atoms with Crippen LogP contribution in [0, 0.1) is 5.92 Å². The largest absolute Gasteiger partial charge is 0.385 e. The minimum atomic E-state index is -3.30. The van der Waals surface area contributed by atoms with Gasteiger partial charge in [0.2, 0.25) is 10.0 Å². The number of hydrogen-bond acceptors (Lipinski definition) is 4. The van der Waals surface area contributed by atoms with Crippen LogP contribution in [-0.4, -0.2) is 37.7 Å². The molecule has 1 amide bonds. The average Bonchev–Trinajstić information content (AvgIpc) is 2.73. The minimum Gasteiger partial charge on any atom is -0.385 e. The third-order valence-corrected chi connectivity index (χ3v) is 8.89. The Balaban J connectivity index is 1.45. The van der Waals surface area contributed by atoms with E-state index in [1.165, 1.54) is 19.3 Å². The lowest BCUT2D eigenvalue weighted by atomic mass is 9.86. The zero-order valence-electron chi connectivity index (χ0n) is 19.2. The van der Waals surface area contributed by atoms with Gasteiger partial charge in [-0.05, 0) is 83.4 Å². The number of amides is 1. The van der Waals surface area contributed by atoms with Gasteiger partial charge in [0.05, 0.1) is 4.75 Å². The number of carbonyl (C=O) groups excluding carboxylic acids is 1. The van der Waals surface area contributed by atoms with Crippen LogP contribution >= 0.6 is 0 Å². The Bertz CT molecular complexity index is 834. The molecule has 2 aliphatic carbocycles. The number of benzene rings is 1. The van der Waals surface area contributed by atoms with Crippen LogP contribution in [0.4, 0.5) is 5.69 Å². The Labute approximate surface area is 188 Å². The second kappa shape index (κ2) is 10.3. The van der Waals surface area contributed by atoms with Crippen LogP contribution < -0.4 is 15.4 Å². The zero-order chi connectivity index (χ0) is 22.5. The van der Waals surface area contributed by atoms with Gasteiger partial charge >= 0.3 is 0 Å². The van der Waals surface area contributed by atoms with Crippen molar-refractivity contribution in [3.05, 3.63) is 29.8 Å². The van der Waals surface area contributed by atoms with Crippen LogP contribution in [0.2, 0.25) is 0 Å². The SMILES string of the molecule is CC(C)(C)S(=O)(=O)N[C@H]1CC[C@H](CNc2cccc(C(=O)NC3CCCCC3)c2)CC1. The van der Waals surface area contributed by atoms with Gasteiger partial charge in [0.15, 0.2) is 0 Å². The quantitative estimate of drug-likeness (QED) is 0.574. The first kappa shape index (κ1) is 24.1. The van der Waals surface area contributed by atoms with Crippen molar-refractivity contribution in [2.75, 3.05) is 11.9 Å². The van der Waals surface area contributed by atoms with Crippen LogP contribution in [0.15, 0.2) is 24.3 Å². The van der Waals surface area contributed by atoms with E-state index in [0.717, 1.165) is 50.8 Å². The average molecular weight is 450 g/mol. The van der Waals surface area contributed by atoms with Crippen LogP contribution in [-0.2, 0) is 10.0 Å². The van der Waals surface area contributed by atoms with Crippen molar-refractivity contribution in [3.63, 3.8) is 0 Å². The van der Waals surface area contributed by atoms with Gasteiger partial charge in [0, 0.05) is 29.9 Å². The summed E-state index contributed by atoms with van der Waals surface area (Å²) in [5.74, 6) is 0.525. The summed E-state index contributed by atoms with van der Waals surface area (Å²) in [4.78, 5) is 12.6. The van der Waals surface area contributed by atoms with Gasteiger partial charge in [0.1, 0.15) is 0 Å². The molecule has 2 saturated carbocycles. The van der Waals surface area contributed by atoms with E-state index in [-0.39, 0.29) is 11.9 Å². The molecule has 31 heavy (non-hydrogen) atoms. The molecule has 0 bridgehead atoms. The smallest absolute Gasteiger partial charge is 0.251 e. The van der Waals surface area contributed by atoms with Crippen molar-refractivity contribution in [1.82, 2.24) is 10.0 Å². The van der Waals surface area contributed by atoms with Crippen LogP contribution in [0.25, 0.3) is 0 Å². The fraction of sp³-hybridized carbons (Fsp3) is 0.708. The number of rotatable bonds is 7. The highest BCUT2D eigenvalue weighted by molar-refractivity contribution is 7.90. The Kier molecular flexibility index (Phi) is 8.03. The molecule has 0 saturated heterocycles. The predicted molar refractivity (Wildman–Crippen MR) is 127 cm³/mol. The maximum absolute atomic E-state index is 12.6. The number of anilines is 1. The van der Waals surface area contributed by atoms with Gasteiger partial charge in [-0.3, -0.25) is 4.79 Å². The molecular weight excluding hydrogens is 410 g/mol. The van der Waals surface area contributed by atoms with Gasteiger partial charge in [-0.2, -0.15) is 0 Å². The molecular formula is C24H39N3O3S. The second-order valence-corrected chi connectivity index (χ2v) is 12.7. The van der Waals surface area contributed by atoms with E-state index in [2.05, 4.69) is 15.4 Å². The standard InChI is InChI=1S/C24H39N3O3S/c1-24(2,3)31(29,30)27-21-14-12-18(13-15-21)17-25-22-11-7-8-19(16-22)23(28)26-20-9-5-4-6-10-20/h7-8,11,16,18,20-21,25,27H,4-6,9-10,12-15,17H2,1-3H3,(H,26,28)/t18-,21-. The van der Waals surface area contributed by atoms with E-state index in [1.54, 1.807) is 20.8 Å². The molecule has 0 radical (unpaired) electrons. The first-order valence-corrected chi connectivity index (χ1v) is 13.3. The Morgan fingerprint density at radius 3 is 2.29 bits per heavy atom. The maximum Gasteiger partial charge on any atom is 0.251 e. The third-order valence-electron chi connectivity index (χ3n) is 6.63. The molecule has 3 N–H and O–H groups in total. The fourth-order valence-corrected chi connectivity index (χ4v) is 5.46. The Hall–Kier alpha value is -1.60. The third kappa shape index (κ3) is 6.94. The monoisotopic (exact) mass is 449 g/mol. The van der Waals surface area contributed by atoms with Gasteiger partial charge in [0.25, 0.3) is 5.91 Å². The summed E-state index contributed by atoms with van der Waals surface area (Å²) in [6.07, 6.45) is 9.56. The molecule has 174 valence electrons. The van der Waals surface area contributed by atoms with Crippen molar-refractivity contribution in [2.24, 2.45) is 5.92 Å². The highest BCUT2D eigenvalue weighted by Crippen LogP contribution is 2.27. The van der Waals surface area contributed by atoms with Gasteiger partial charge < -0.3 is 10.6 Å². The van der Waals surface area contributed by atoms with Crippen LogP contribution in [0.3, 0.4) is 0 Å². The first-order valence-electron chi connectivity index (χ1n) is 11.8. The molecule has 3 rings (SSSR count). The van der Waals surface area contributed by atoms with Gasteiger partial charge in [-0.15, -0.1) is 0 Å². The molecule has 0 heterocycles. The molecule has 0 unspecified atom stereocenters. The molecule has 0 aromatic heterocycles. The number of carbonyl (C=O) groups is 1. The summed E-state index contributed by atoms with van der Waals surface area (Å²) < 4.78 is 26.9. The van der Waals surface area contributed by atoms with Crippen molar-refractivity contribution in [1.29, 1.82) is 0 Å². The maximum atomic E-state index is 12.6. The lowest BCUT2D eigenvalue weighted by molar-refractivity contribution is 0.0927. The van der Waals surface area contributed by atoms with Crippen molar-refractivity contribution in [3.8, 4) is 0 Å². The topological polar surface area (TPSA) is 87.3 Å². The van der Waals surface area contributed by atoms with Crippen molar-refractivity contribution >= 4 is 21.6 Å². The van der Waals surface area contributed by atoms with E-state index in [1.807, 2.05) is 24.3 Å². The summed E-state index contributed by atoms with van der Waals surface area (Å²) >= 11 is 0. The molecule has 0 aliphatic heterocycles. The van der Waals surface area contributed by atoms with Crippen LogP contribution in [0.1, 0.15) is 88.9 Å². The molecule has 0 spiro atoms. The lowest BCUT2D eigenvalue weighted by Crippen LogP contribution is -2.46. The fourth-order valence-electron chi connectivity index (χ4n) is 4.43. The minimum absolute atomic E-state index is 0.0159. The highest BCUT2D eigenvalue weighted by atomic mass is 32.2. The molecule has 7 heteroatoms. The molecule has 6 nitrogen and oxygen atoms in total. The zero-order valence-corrected chi connectivity index (χ0v) is 20.1. The molecule has 0 atom stereocenters. The predicted octanol–water partition coefficient (Wildman–Crippen LogP) is 4.44. The summed E-state index contributed by atoms with van der Waals surface area (Å²) in [7, 11) is -3.30. The van der Waals surface area contributed by atoms with E-state index in [9.17, 15) is 13.2 Å². The number of sulfonamides is 1. The normalized spacial score (nSPS) is 23.3. The first-order chi connectivity index (χ1) is 14.6. The summed E-state index contributed by atoms with van der Waals surface area (Å²) in [6.45, 7) is 6.03. The van der Waals surface area contributed by atoms with E-state index >= 15 is 0 Å². The molecule has 1 aromatic rings. The van der Waals surface area contributed by atoms with E-state index in [0.29, 0.717) is 17.5 Å². The molecule has 2 aliphatic rings. The number of hydrogen-bond donors (Lipinski definition) is 3. The Morgan fingerprint density at radius 1 is 0.968 bits per heavy atom. The second-order valence-electron chi connectivity index (χ2n) is 10.2. The summed E-state index contributed by atoms with van der Waals surface area (Å²) in [5.41, 5.74) is 1.67. The highest BCUT2D eigenvalue weighted by Gasteiger charge is 2.32. The van der Waals surface area contributed by atoms with Crippen LogP contribution in [0.5, 0.6) is 0 Å². The lowest BCUT2D eigenvalue weighted by Gasteiger charge is -2.31. The molecule has 2 fully saturated rings. The van der Waals surface area contributed by atoms with E-state index < -0.39 is 14.8 Å². The Morgan fingerprint density at radius 2 is 1.65 bits per heavy atom. The molecule has 1 aromatic carbocycles. The number of nitrogens with one attached hydrogen (secondary N) is 3. The van der Waals surface area contributed by atoms with E-state index in [4.69, 9.17) is 0 Å². The summed E-state index contributed by atoms with van der Waals surface area (Å²) in [6, 6.07) is 8.07.